The van der Waals surface area contributed by atoms with Crippen molar-refractivity contribution in [2.24, 2.45) is 5.16 Å². The molecule has 3 rings (SSSR count). The first kappa shape index (κ1) is 14.8. The fraction of sp³-hybridized carbons (Fsp3) is 0.118. The number of carbonyl (C=O) groups is 1. The highest BCUT2D eigenvalue weighted by molar-refractivity contribution is 6.05. The SMILES string of the molecule is CO/N=C/c1ccc(C(=O)Nc2ccc3nc(C)oc3c2)cc1. The molecule has 0 aliphatic heterocycles. The van der Waals surface area contributed by atoms with Crippen molar-refractivity contribution in [2.75, 3.05) is 12.4 Å². The number of benzene rings is 2. The van der Waals surface area contributed by atoms with Crippen molar-refractivity contribution in [3.8, 4) is 0 Å². The number of nitrogens with one attached hydrogen (secondary N) is 1. The molecular weight excluding hydrogens is 294 g/mol. The van der Waals surface area contributed by atoms with Gasteiger partial charge in [0.25, 0.3) is 5.91 Å². The van der Waals surface area contributed by atoms with Crippen LogP contribution in [0.5, 0.6) is 0 Å². The first-order chi connectivity index (χ1) is 11.2. The summed E-state index contributed by atoms with van der Waals surface area (Å²) in [6.07, 6.45) is 1.57. The van der Waals surface area contributed by atoms with E-state index in [9.17, 15) is 4.79 Å². The molecule has 0 unspecified atom stereocenters. The second kappa shape index (κ2) is 6.31. The van der Waals surface area contributed by atoms with Crippen molar-refractivity contribution < 1.29 is 14.0 Å². The van der Waals surface area contributed by atoms with Crippen LogP contribution in [0.1, 0.15) is 21.8 Å². The fourth-order valence-corrected chi connectivity index (χ4v) is 2.15. The van der Waals surface area contributed by atoms with Crippen LogP contribution in [0.4, 0.5) is 5.69 Å². The zero-order chi connectivity index (χ0) is 16.2. The molecule has 0 bridgehead atoms. The van der Waals surface area contributed by atoms with Crippen LogP contribution in [-0.2, 0) is 4.84 Å². The molecule has 0 aliphatic carbocycles. The van der Waals surface area contributed by atoms with Gasteiger partial charge in [0.05, 0.1) is 6.21 Å². The maximum atomic E-state index is 12.3. The highest BCUT2D eigenvalue weighted by Gasteiger charge is 2.08. The average Bonchev–Trinajstić information content (AvgIpc) is 2.92. The van der Waals surface area contributed by atoms with Crippen LogP contribution >= 0.6 is 0 Å². The molecule has 0 spiro atoms. The Hall–Kier alpha value is -3.15. The summed E-state index contributed by atoms with van der Waals surface area (Å²) in [6.45, 7) is 1.78. The van der Waals surface area contributed by atoms with Crippen LogP contribution in [0, 0.1) is 6.92 Å². The van der Waals surface area contributed by atoms with E-state index >= 15 is 0 Å². The third kappa shape index (κ3) is 3.37. The van der Waals surface area contributed by atoms with E-state index in [2.05, 4.69) is 20.3 Å². The van der Waals surface area contributed by atoms with Gasteiger partial charge in [0, 0.05) is 24.2 Å². The molecule has 116 valence electrons. The van der Waals surface area contributed by atoms with Gasteiger partial charge in [0.1, 0.15) is 12.6 Å². The topological polar surface area (TPSA) is 76.7 Å². The minimum absolute atomic E-state index is 0.198. The molecule has 3 aromatic rings. The molecule has 0 saturated carbocycles. The van der Waals surface area contributed by atoms with Crippen molar-refractivity contribution in [2.45, 2.75) is 6.92 Å². The summed E-state index contributed by atoms with van der Waals surface area (Å²) in [5.41, 5.74) is 3.47. The second-order valence-corrected chi connectivity index (χ2v) is 4.91. The molecule has 0 fully saturated rings. The normalized spacial score (nSPS) is 11.0. The summed E-state index contributed by atoms with van der Waals surface area (Å²) < 4.78 is 5.46. The molecule has 0 atom stereocenters. The van der Waals surface area contributed by atoms with Gasteiger partial charge in [0.2, 0.25) is 0 Å². The highest BCUT2D eigenvalue weighted by Crippen LogP contribution is 2.20. The number of amides is 1. The van der Waals surface area contributed by atoms with Crippen LogP contribution in [0.15, 0.2) is 52.0 Å². The number of oxazole rings is 1. The Morgan fingerprint density at radius 1 is 1.26 bits per heavy atom. The lowest BCUT2D eigenvalue weighted by Gasteiger charge is -2.05. The number of oxime groups is 1. The monoisotopic (exact) mass is 309 g/mol. The molecule has 1 aromatic heterocycles. The van der Waals surface area contributed by atoms with Crippen LogP contribution in [0.25, 0.3) is 11.1 Å². The third-order valence-corrected chi connectivity index (χ3v) is 3.23. The lowest BCUT2D eigenvalue weighted by molar-refractivity contribution is 0.102. The fourth-order valence-electron chi connectivity index (χ4n) is 2.15. The first-order valence-corrected chi connectivity index (χ1v) is 7.01. The number of rotatable bonds is 4. The van der Waals surface area contributed by atoms with Gasteiger partial charge in [-0.25, -0.2) is 4.98 Å². The van der Waals surface area contributed by atoms with E-state index in [1.165, 1.54) is 7.11 Å². The second-order valence-electron chi connectivity index (χ2n) is 4.91. The summed E-state index contributed by atoms with van der Waals surface area (Å²) in [7, 11) is 1.48. The molecule has 1 heterocycles. The third-order valence-electron chi connectivity index (χ3n) is 3.23. The van der Waals surface area contributed by atoms with Gasteiger partial charge >= 0.3 is 0 Å². The number of nitrogens with zero attached hydrogens (tertiary/aromatic N) is 2. The van der Waals surface area contributed by atoms with Gasteiger partial charge in [-0.3, -0.25) is 4.79 Å². The standard InChI is InChI=1S/C17H15N3O3/c1-11-19-15-8-7-14(9-16(15)23-11)20-17(21)13-5-3-12(4-6-13)10-18-22-2/h3-10H,1-2H3,(H,20,21)/b18-10+. The Morgan fingerprint density at radius 2 is 2.04 bits per heavy atom. The van der Waals surface area contributed by atoms with Gasteiger partial charge in [0.15, 0.2) is 11.5 Å². The molecule has 1 N–H and O–H groups in total. The van der Waals surface area contributed by atoms with E-state index in [0.717, 1.165) is 11.1 Å². The van der Waals surface area contributed by atoms with Crippen molar-refractivity contribution in [1.29, 1.82) is 0 Å². The number of fused-ring (bicyclic) bond motifs is 1. The number of carbonyl (C=O) groups excluding carboxylic acids is 1. The Bertz CT molecular complexity index is 866. The Labute approximate surface area is 132 Å². The van der Waals surface area contributed by atoms with Gasteiger partial charge in [-0.05, 0) is 29.8 Å². The molecule has 23 heavy (non-hydrogen) atoms. The molecule has 1 amide bonds. The maximum absolute atomic E-state index is 12.3. The lowest BCUT2D eigenvalue weighted by atomic mass is 10.1. The summed E-state index contributed by atoms with van der Waals surface area (Å²) in [6, 6.07) is 12.4. The largest absolute Gasteiger partial charge is 0.441 e. The summed E-state index contributed by atoms with van der Waals surface area (Å²) >= 11 is 0. The van der Waals surface area contributed by atoms with Crippen LogP contribution in [-0.4, -0.2) is 24.2 Å². The van der Waals surface area contributed by atoms with E-state index < -0.39 is 0 Å². The number of aromatic nitrogens is 1. The summed E-state index contributed by atoms with van der Waals surface area (Å²) in [5.74, 6) is 0.396. The first-order valence-electron chi connectivity index (χ1n) is 7.01. The van der Waals surface area contributed by atoms with Crippen LogP contribution in [0.2, 0.25) is 0 Å². The minimum Gasteiger partial charge on any atom is -0.441 e. The number of hydrogen-bond acceptors (Lipinski definition) is 5. The number of hydrogen-bond donors (Lipinski definition) is 1. The maximum Gasteiger partial charge on any atom is 0.255 e. The molecule has 0 radical (unpaired) electrons. The van der Waals surface area contributed by atoms with Gasteiger partial charge in [-0.2, -0.15) is 0 Å². The number of aryl methyl sites for hydroxylation is 1. The summed E-state index contributed by atoms with van der Waals surface area (Å²) in [4.78, 5) is 21.1. The smallest absolute Gasteiger partial charge is 0.255 e. The van der Waals surface area contributed by atoms with Crippen molar-refractivity contribution >= 4 is 28.9 Å². The van der Waals surface area contributed by atoms with Crippen molar-refractivity contribution in [3.63, 3.8) is 0 Å². The van der Waals surface area contributed by atoms with Crippen LogP contribution < -0.4 is 5.32 Å². The quantitative estimate of drug-likeness (QED) is 0.592. The van der Waals surface area contributed by atoms with Gasteiger partial charge in [-0.1, -0.05) is 17.3 Å². The zero-order valence-corrected chi connectivity index (χ0v) is 12.7. The minimum atomic E-state index is -0.198. The van der Waals surface area contributed by atoms with E-state index in [1.54, 1.807) is 49.5 Å². The highest BCUT2D eigenvalue weighted by atomic mass is 16.6. The van der Waals surface area contributed by atoms with E-state index in [1.807, 2.05) is 6.07 Å². The lowest BCUT2D eigenvalue weighted by Crippen LogP contribution is -2.11. The molecule has 0 saturated heterocycles. The molecule has 2 aromatic carbocycles. The predicted molar refractivity (Wildman–Crippen MR) is 87.7 cm³/mol. The predicted octanol–water partition coefficient (Wildman–Crippen LogP) is 3.37. The Balaban J connectivity index is 1.75. The van der Waals surface area contributed by atoms with Crippen molar-refractivity contribution in [3.05, 3.63) is 59.5 Å². The van der Waals surface area contributed by atoms with Crippen molar-refractivity contribution in [1.82, 2.24) is 4.98 Å². The zero-order valence-electron chi connectivity index (χ0n) is 12.7. The Morgan fingerprint density at radius 3 is 2.78 bits per heavy atom. The average molecular weight is 309 g/mol. The van der Waals surface area contributed by atoms with E-state index in [0.29, 0.717) is 22.7 Å². The van der Waals surface area contributed by atoms with E-state index in [4.69, 9.17) is 4.42 Å². The van der Waals surface area contributed by atoms with E-state index in [-0.39, 0.29) is 5.91 Å². The number of anilines is 1. The molecule has 0 aliphatic rings. The molecule has 6 nitrogen and oxygen atoms in total. The summed E-state index contributed by atoms with van der Waals surface area (Å²) in [5, 5.41) is 6.51. The molecular formula is C17H15N3O3. The van der Waals surface area contributed by atoms with Crippen LogP contribution in [0.3, 0.4) is 0 Å². The Kier molecular flexibility index (Phi) is 4.05. The van der Waals surface area contributed by atoms with Gasteiger partial charge < -0.3 is 14.6 Å². The molecule has 6 heteroatoms. The van der Waals surface area contributed by atoms with Gasteiger partial charge in [-0.15, -0.1) is 0 Å².